The first-order chi connectivity index (χ1) is 27.9. The number of fused-ring (bicyclic) bond motifs is 3. The molecule has 0 radical (unpaired) electrons. The van der Waals surface area contributed by atoms with E-state index in [9.17, 15) is 45.0 Å². The summed E-state index contributed by atoms with van der Waals surface area (Å²) in [4.78, 5) is 43.1. The van der Waals surface area contributed by atoms with Crippen molar-refractivity contribution in [3.05, 3.63) is 57.6 Å². The number of phenolic OH excluding ortho intramolecular Hbond substituents is 2. The molecule has 0 saturated carbocycles. The second-order valence-electron chi connectivity index (χ2n) is 16.5. The lowest BCUT2D eigenvalue weighted by molar-refractivity contribution is -0.330. The van der Waals surface area contributed by atoms with E-state index in [1.807, 2.05) is 19.0 Å². The number of aliphatic hydroxyl groups is 4. The van der Waals surface area contributed by atoms with Crippen molar-refractivity contribution < 1.29 is 78.2 Å². The predicted molar refractivity (Wildman–Crippen MR) is 204 cm³/mol. The van der Waals surface area contributed by atoms with Crippen molar-refractivity contribution in [2.75, 3.05) is 21.2 Å². The van der Waals surface area contributed by atoms with Crippen LogP contribution < -0.4 is 0 Å². The zero-order chi connectivity index (χ0) is 42.8. The number of rotatable bonds is 9. The van der Waals surface area contributed by atoms with Gasteiger partial charge in [-0.2, -0.15) is 0 Å². The van der Waals surface area contributed by atoms with Gasteiger partial charge in [0.25, 0.3) is 0 Å². The molecule has 3 heterocycles. The van der Waals surface area contributed by atoms with Gasteiger partial charge in [-0.25, -0.2) is 0 Å². The summed E-state index contributed by atoms with van der Waals surface area (Å²) >= 11 is 0. The minimum atomic E-state index is -2.24. The maximum absolute atomic E-state index is 13.9. The summed E-state index contributed by atoms with van der Waals surface area (Å²) in [5.74, 6) is -5.38. The van der Waals surface area contributed by atoms with Gasteiger partial charge in [-0.15, -0.1) is 0 Å². The van der Waals surface area contributed by atoms with Gasteiger partial charge in [0, 0.05) is 42.0 Å². The monoisotopic (exact) mass is 829 g/mol. The molecular weight excluding hydrogens is 774 g/mol. The van der Waals surface area contributed by atoms with E-state index in [0.717, 1.165) is 7.11 Å². The first kappa shape index (κ1) is 43.5. The number of ketones is 2. The van der Waals surface area contributed by atoms with Gasteiger partial charge in [0.15, 0.2) is 24.7 Å². The highest BCUT2D eigenvalue weighted by Crippen LogP contribution is 2.54. The fraction of sp³-hybridized carbons (Fsp3) is 0.643. The number of hydrogen-bond donors (Lipinski definition) is 6. The average Bonchev–Trinajstić information content (AvgIpc) is 3.18. The van der Waals surface area contributed by atoms with Gasteiger partial charge in [-0.3, -0.25) is 14.4 Å². The largest absolute Gasteiger partial charge is 0.507 e. The third-order valence-corrected chi connectivity index (χ3v) is 12.7. The number of nitrogens with zero attached hydrogens (tertiary/aromatic N) is 1. The van der Waals surface area contributed by atoms with Gasteiger partial charge >= 0.3 is 5.97 Å². The zero-order valence-corrected chi connectivity index (χ0v) is 34.1. The van der Waals surface area contributed by atoms with Crippen LogP contribution in [0.3, 0.4) is 0 Å². The van der Waals surface area contributed by atoms with Crippen LogP contribution in [0.1, 0.15) is 115 Å². The van der Waals surface area contributed by atoms with Crippen LogP contribution in [-0.2, 0) is 38.0 Å². The molecule has 3 fully saturated rings. The van der Waals surface area contributed by atoms with Gasteiger partial charge in [0.2, 0.25) is 5.78 Å². The number of carbonyl (C=O) groups is 3. The summed E-state index contributed by atoms with van der Waals surface area (Å²) in [6.45, 7) is 6.84. The Hall–Kier alpha value is -3.59. The van der Waals surface area contributed by atoms with E-state index in [1.54, 1.807) is 27.7 Å². The van der Waals surface area contributed by atoms with Crippen LogP contribution in [0.25, 0.3) is 0 Å². The van der Waals surface area contributed by atoms with Crippen LogP contribution in [0, 0.1) is 0 Å². The molecule has 17 heteroatoms. The van der Waals surface area contributed by atoms with E-state index in [4.69, 9.17) is 33.2 Å². The Morgan fingerprint density at radius 2 is 1.47 bits per heavy atom. The summed E-state index contributed by atoms with van der Waals surface area (Å²) in [7, 11) is 4.76. The lowest BCUT2D eigenvalue weighted by Crippen LogP contribution is -2.59. The number of ether oxygens (including phenoxy) is 7. The number of aliphatic hydroxyl groups excluding tert-OH is 3. The van der Waals surface area contributed by atoms with Crippen molar-refractivity contribution in [1.29, 1.82) is 0 Å². The number of aromatic hydroxyl groups is 2. The van der Waals surface area contributed by atoms with Crippen molar-refractivity contribution in [3.8, 4) is 11.5 Å². The molecule has 3 saturated heterocycles. The Balaban J connectivity index is 1.15. The Morgan fingerprint density at radius 1 is 0.831 bits per heavy atom. The van der Waals surface area contributed by atoms with E-state index < -0.39 is 126 Å². The SMILES string of the molecule is CCC1(O)C(C(=O)OC)c2cc3c(c(O)c2C(OC2CC(N(C)C)C(OC4CC(O)C(OC5CCC(O)C(C)O5)C(C)O4)C(C)O2)C1O)C(=O)c1c(O)cccc1C3=O. The van der Waals surface area contributed by atoms with E-state index >= 15 is 0 Å². The molecule has 15 atom stereocenters. The van der Waals surface area contributed by atoms with Gasteiger partial charge < -0.3 is 68.7 Å². The number of esters is 1. The second-order valence-corrected chi connectivity index (χ2v) is 16.5. The number of phenols is 2. The van der Waals surface area contributed by atoms with E-state index in [2.05, 4.69) is 0 Å². The molecule has 2 aliphatic carbocycles. The average molecular weight is 830 g/mol. The standard InChI is InChI=1S/C42H55NO16/c1-8-42(52)33(41(51)53-7)21-14-22-31(35(48)30-20(34(22)47)10-9-11-25(30)45)36(49)32(21)39(40(42)50)59-28-15-23(43(5)6)37(18(3)55-28)58-29-16-26(46)38(19(4)56-29)57-27-13-12-24(44)17(2)54-27/h9-11,14,17-19,23-24,26-29,33,37-40,44-46,49-50,52H,8,12-13,15-16H2,1-7H3. The van der Waals surface area contributed by atoms with Crippen LogP contribution in [0.2, 0.25) is 0 Å². The highest BCUT2D eigenvalue weighted by molar-refractivity contribution is 6.30. The molecule has 0 bridgehead atoms. The second kappa shape index (κ2) is 16.7. The fourth-order valence-corrected chi connectivity index (χ4v) is 9.42. The molecule has 0 aromatic heterocycles. The van der Waals surface area contributed by atoms with E-state index in [1.165, 1.54) is 24.3 Å². The number of methoxy groups -OCH3 is 1. The molecule has 0 spiro atoms. The third-order valence-electron chi connectivity index (χ3n) is 12.7. The van der Waals surface area contributed by atoms with Crippen LogP contribution in [-0.4, -0.2) is 154 Å². The highest BCUT2D eigenvalue weighted by Gasteiger charge is 2.58. The number of carbonyl (C=O) groups excluding carboxylic acids is 3. The number of benzene rings is 2. The first-order valence-corrected chi connectivity index (χ1v) is 20.2. The van der Waals surface area contributed by atoms with Crippen LogP contribution in [0.4, 0.5) is 0 Å². The molecule has 15 unspecified atom stereocenters. The molecule has 17 nitrogen and oxygen atoms in total. The zero-order valence-electron chi connectivity index (χ0n) is 34.1. The molecule has 2 aromatic rings. The molecule has 324 valence electrons. The molecule has 5 aliphatic rings. The summed E-state index contributed by atoms with van der Waals surface area (Å²) in [5, 5.41) is 67.9. The maximum atomic E-state index is 13.9. The summed E-state index contributed by atoms with van der Waals surface area (Å²) in [6, 6.07) is 4.82. The Kier molecular flexibility index (Phi) is 12.3. The molecule has 6 N–H and O–H groups in total. The summed E-state index contributed by atoms with van der Waals surface area (Å²) in [6.07, 6.45) is -9.65. The number of hydrogen-bond acceptors (Lipinski definition) is 17. The maximum Gasteiger partial charge on any atom is 0.316 e. The van der Waals surface area contributed by atoms with E-state index in [0.29, 0.717) is 12.8 Å². The van der Waals surface area contributed by atoms with Crippen molar-refractivity contribution in [3.63, 3.8) is 0 Å². The van der Waals surface area contributed by atoms with E-state index in [-0.39, 0.29) is 47.1 Å². The third kappa shape index (κ3) is 7.58. The minimum absolute atomic E-state index is 0.0816. The fourth-order valence-electron chi connectivity index (χ4n) is 9.42. The first-order valence-electron chi connectivity index (χ1n) is 20.2. The normalized spacial score (nSPS) is 38.4. The van der Waals surface area contributed by atoms with Crippen LogP contribution in [0.15, 0.2) is 24.3 Å². The van der Waals surface area contributed by atoms with Crippen molar-refractivity contribution in [1.82, 2.24) is 4.90 Å². The molecule has 0 amide bonds. The quantitative estimate of drug-likeness (QED) is 0.169. The topological polar surface area (TPSA) is 240 Å². The molecule has 2 aromatic carbocycles. The van der Waals surface area contributed by atoms with Crippen molar-refractivity contribution in [2.45, 2.75) is 151 Å². The molecule has 3 aliphatic heterocycles. The minimum Gasteiger partial charge on any atom is -0.507 e. The van der Waals surface area contributed by atoms with Gasteiger partial charge in [-0.1, -0.05) is 19.1 Å². The van der Waals surface area contributed by atoms with Crippen molar-refractivity contribution in [2.24, 2.45) is 0 Å². The van der Waals surface area contributed by atoms with Gasteiger partial charge in [0.05, 0.1) is 48.8 Å². The summed E-state index contributed by atoms with van der Waals surface area (Å²) in [5.41, 5.74) is -3.69. The molecule has 59 heavy (non-hydrogen) atoms. The highest BCUT2D eigenvalue weighted by atomic mass is 16.7. The van der Waals surface area contributed by atoms with Gasteiger partial charge in [-0.05, 0) is 65.4 Å². The predicted octanol–water partition coefficient (Wildman–Crippen LogP) is 1.92. The van der Waals surface area contributed by atoms with Crippen LogP contribution >= 0.6 is 0 Å². The lowest BCUT2D eigenvalue weighted by atomic mass is 9.65. The van der Waals surface area contributed by atoms with Crippen LogP contribution in [0.5, 0.6) is 11.5 Å². The Labute approximate surface area is 341 Å². The number of likely N-dealkylation sites (N-methyl/N-ethyl adjacent to an activating group) is 1. The lowest BCUT2D eigenvalue weighted by Gasteiger charge is -2.49. The molecule has 7 rings (SSSR count). The van der Waals surface area contributed by atoms with Crippen molar-refractivity contribution >= 4 is 17.5 Å². The Morgan fingerprint density at radius 3 is 2.10 bits per heavy atom. The molecular formula is C42H55NO16. The smallest absolute Gasteiger partial charge is 0.316 e. The summed E-state index contributed by atoms with van der Waals surface area (Å²) < 4.78 is 42.5. The van der Waals surface area contributed by atoms with Gasteiger partial charge in [0.1, 0.15) is 47.4 Å². The Bertz CT molecular complexity index is 1930.